The van der Waals surface area contributed by atoms with Crippen LogP contribution in [0.15, 0.2) is 0 Å². The van der Waals surface area contributed by atoms with E-state index in [-0.39, 0.29) is 0 Å². The van der Waals surface area contributed by atoms with Crippen molar-refractivity contribution in [3.63, 3.8) is 0 Å². The molecule has 0 saturated carbocycles. The van der Waals surface area contributed by atoms with Crippen LogP contribution in [0, 0.1) is 0 Å². The van der Waals surface area contributed by atoms with Crippen molar-refractivity contribution >= 4 is 19.0 Å². The molecule has 0 aliphatic heterocycles. The first-order chi connectivity index (χ1) is 3.41. The Kier molecular flexibility index (Phi) is 6.83. The highest BCUT2D eigenvalue weighted by Crippen LogP contribution is 1.93. The molecule has 0 N–H and O–H groups in total. The van der Waals surface area contributed by atoms with Gasteiger partial charge in [-0.2, -0.15) is 0 Å². The molecular formula is C5H16Si2. The van der Waals surface area contributed by atoms with Gasteiger partial charge in [0.15, 0.2) is 0 Å². The van der Waals surface area contributed by atoms with Gasteiger partial charge in [0, 0.05) is 19.0 Å². The quantitative estimate of drug-likeness (QED) is 0.389. The van der Waals surface area contributed by atoms with E-state index in [2.05, 4.69) is 13.1 Å². The molecule has 0 spiro atoms. The van der Waals surface area contributed by atoms with E-state index >= 15 is 0 Å². The van der Waals surface area contributed by atoms with E-state index in [1.165, 1.54) is 0 Å². The van der Waals surface area contributed by atoms with E-state index in [0.717, 1.165) is 0 Å². The van der Waals surface area contributed by atoms with Crippen LogP contribution < -0.4 is 0 Å². The fourth-order valence-corrected chi connectivity index (χ4v) is 3.09. The molecule has 0 rings (SSSR count). The van der Waals surface area contributed by atoms with Crippen molar-refractivity contribution in [2.24, 2.45) is 0 Å². The second-order valence-corrected chi connectivity index (χ2v) is 5.47. The molecule has 0 aliphatic carbocycles. The van der Waals surface area contributed by atoms with Gasteiger partial charge in [-0.05, 0) is 0 Å². The van der Waals surface area contributed by atoms with E-state index in [9.17, 15) is 0 Å². The molecule has 0 aromatic heterocycles. The van der Waals surface area contributed by atoms with Crippen LogP contribution in [0.25, 0.3) is 0 Å². The Bertz CT molecular complexity index is 25.3. The molecule has 7 heavy (non-hydrogen) atoms. The van der Waals surface area contributed by atoms with E-state index in [1.807, 2.05) is 0 Å². The summed E-state index contributed by atoms with van der Waals surface area (Å²) >= 11 is 0. The summed E-state index contributed by atoms with van der Waals surface area (Å²) in [7, 11) is 0.832. The molecule has 0 fully saturated rings. The van der Waals surface area contributed by atoms with Gasteiger partial charge in [-0.1, -0.05) is 31.6 Å². The molecule has 0 aliphatic rings. The third-order valence-corrected chi connectivity index (χ3v) is 3.62. The minimum atomic E-state index is 0.416. The first-order valence-electron chi connectivity index (χ1n) is 3.41. The lowest BCUT2D eigenvalue weighted by Crippen LogP contribution is -1.83. The maximum absolute atomic E-state index is 2.40. The fraction of sp³-hybridized carbons (Fsp3) is 1.00. The highest BCUT2D eigenvalue weighted by Gasteiger charge is 1.81. The van der Waals surface area contributed by atoms with Crippen LogP contribution in [-0.4, -0.2) is 19.0 Å². The highest BCUT2D eigenvalue weighted by molar-refractivity contribution is 6.35. The van der Waals surface area contributed by atoms with E-state index in [4.69, 9.17) is 0 Å². The van der Waals surface area contributed by atoms with Crippen LogP contribution in [0.5, 0.6) is 0 Å². The number of hydrogen-bond donors (Lipinski definition) is 0. The Morgan fingerprint density at radius 1 is 1.00 bits per heavy atom. The molecule has 0 radical (unpaired) electrons. The minimum Gasteiger partial charge on any atom is -0.0748 e. The summed E-state index contributed by atoms with van der Waals surface area (Å²) in [5.74, 6) is 0. The molecule has 0 atom stereocenters. The number of hydrogen-bond acceptors (Lipinski definition) is 0. The summed E-state index contributed by atoms with van der Waals surface area (Å²) in [6, 6.07) is 3.20. The summed E-state index contributed by atoms with van der Waals surface area (Å²) in [5, 5.41) is 0. The molecule has 0 aromatic rings. The topological polar surface area (TPSA) is 0 Å². The molecule has 0 unspecified atom stereocenters. The van der Waals surface area contributed by atoms with Crippen LogP contribution in [-0.2, 0) is 0 Å². The van der Waals surface area contributed by atoms with Crippen molar-refractivity contribution in [1.82, 2.24) is 0 Å². The van der Waals surface area contributed by atoms with Crippen molar-refractivity contribution < 1.29 is 0 Å². The Morgan fingerprint density at radius 3 is 1.71 bits per heavy atom. The lowest BCUT2D eigenvalue weighted by molar-refractivity contribution is 1.06. The van der Waals surface area contributed by atoms with Crippen LogP contribution in [0.4, 0.5) is 0 Å². The van der Waals surface area contributed by atoms with Gasteiger partial charge >= 0.3 is 0 Å². The first-order valence-corrected chi connectivity index (χ1v) is 8.24. The van der Waals surface area contributed by atoms with E-state index in [0.29, 0.717) is 19.0 Å². The first kappa shape index (κ1) is 7.43. The van der Waals surface area contributed by atoms with Gasteiger partial charge in [-0.15, -0.1) is 0 Å². The predicted octanol–water partition coefficient (Wildman–Crippen LogP) is 0.647. The molecule has 0 nitrogen and oxygen atoms in total. The zero-order chi connectivity index (χ0) is 5.54. The Balaban J connectivity index is 2.45. The monoisotopic (exact) mass is 132 g/mol. The molecular weight excluding hydrogens is 116 g/mol. The second-order valence-electron chi connectivity index (χ2n) is 2.06. The summed E-state index contributed by atoms with van der Waals surface area (Å²) < 4.78 is 0. The largest absolute Gasteiger partial charge is 0.0748 e. The molecule has 2 heteroatoms. The van der Waals surface area contributed by atoms with Crippen LogP contribution in [0.1, 0.15) is 6.42 Å². The molecule has 44 valence electrons. The smallest absolute Gasteiger partial charge is 0.0166 e. The maximum atomic E-state index is 2.40. The molecule has 0 saturated heterocycles. The van der Waals surface area contributed by atoms with Crippen LogP contribution in [0.3, 0.4) is 0 Å². The van der Waals surface area contributed by atoms with Gasteiger partial charge in [0.1, 0.15) is 0 Å². The normalized spacial score (nSPS) is 12.9. The second kappa shape index (κ2) is 6.43. The SMILES string of the molecule is C[SiH2]CCC[SiH2]C. The maximum Gasteiger partial charge on any atom is 0.0166 e. The average Bonchev–Trinajstić information content (AvgIpc) is 1.69. The average molecular weight is 132 g/mol. The molecule has 0 heterocycles. The Morgan fingerprint density at radius 2 is 1.43 bits per heavy atom. The summed E-state index contributed by atoms with van der Waals surface area (Å²) in [4.78, 5) is 0. The Labute approximate surface area is 51.3 Å². The third-order valence-electron chi connectivity index (χ3n) is 1.21. The highest BCUT2D eigenvalue weighted by atomic mass is 28.2. The van der Waals surface area contributed by atoms with Gasteiger partial charge in [-0.25, -0.2) is 0 Å². The summed E-state index contributed by atoms with van der Waals surface area (Å²) in [6.07, 6.45) is 1.56. The standard InChI is InChI=1S/C5H16Si2/c1-6-4-3-5-7-2/h3-7H2,1-2H3. The Hall–Kier alpha value is 0.434. The summed E-state index contributed by atoms with van der Waals surface area (Å²) in [6.45, 7) is 4.80. The van der Waals surface area contributed by atoms with Crippen molar-refractivity contribution in [3.8, 4) is 0 Å². The predicted molar refractivity (Wildman–Crippen MR) is 43.0 cm³/mol. The third kappa shape index (κ3) is 6.43. The molecule has 0 aromatic carbocycles. The van der Waals surface area contributed by atoms with Gasteiger partial charge in [0.2, 0.25) is 0 Å². The summed E-state index contributed by atoms with van der Waals surface area (Å²) in [5.41, 5.74) is 0. The molecule has 0 amide bonds. The van der Waals surface area contributed by atoms with Crippen molar-refractivity contribution in [2.75, 3.05) is 0 Å². The van der Waals surface area contributed by atoms with E-state index in [1.54, 1.807) is 18.5 Å². The zero-order valence-electron chi connectivity index (χ0n) is 5.54. The van der Waals surface area contributed by atoms with Crippen LogP contribution in [0.2, 0.25) is 25.2 Å². The fourth-order valence-electron chi connectivity index (χ4n) is 0.677. The number of rotatable bonds is 4. The van der Waals surface area contributed by atoms with E-state index < -0.39 is 0 Å². The van der Waals surface area contributed by atoms with Crippen molar-refractivity contribution in [3.05, 3.63) is 0 Å². The zero-order valence-corrected chi connectivity index (χ0v) is 8.36. The van der Waals surface area contributed by atoms with Crippen LogP contribution >= 0.6 is 0 Å². The van der Waals surface area contributed by atoms with Gasteiger partial charge < -0.3 is 0 Å². The van der Waals surface area contributed by atoms with Gasteiger partial charge in [0.05, 0.1) is 0 Å². The lowest BCUT2D eigenvalue weighted by Gasteiger charge is -1.89. The van der Waals surface area contributed by atoms with Gasteiger partial charge in [-0.3, -0.25) is 0 Å². The molecule has 0 bridgehead atoms. The van der Waals surface area contributed by atoms with Crippen molar-refractivity contribution in [2.45, 2.75) is 31.6 Å². The lowest BCUT2D eigenvalue weighted by atomic mass is 10.6. The van der Waals surface area contributed by atoms with Gasteiger partial charge in [0.25, 0.3) is 0 Å². The van der Waals surface area contributed by atoms with Crippen molar-refractivity contribution in [1.29, 1.82) is 0 Å². The minimum absolute atomic E-state index is 0.416.